The van der Waals surface area contributed by atoms with Crippen LogP contribution in [0, 0.1) is 5.82 Å². The average Bonchev–Trinajstić information content (AvgIpc) is 3.13. The molecule has 0 fully saturated rings. The topological polar surface area (TPSA) is 103 Å². The van der Waals surface area contributed by atoms with E-state index in [9.17, 15) is 14.0 Å². The molecule has 2 N–H and O–H groups in total. The molecule has 0 aliphatic carbocycles. The molecule has 136 valence electrons. The highest BCUT2D eigenvalue weighted by Crippen LogP contribution is 2.20. The van der Waals surface area contributed by atoms with Crippen molar-refractivity contribution in [3.8, 4) is 5.75 Å². The van der Waals surface area contributed by atoms with E-state index >= 15 is 0 Å². The van der Waals surface area contributed by atoms with Crippen molar-refractivity contribution in [2.24, 2.45) is 0 Å². The molecule has 0 saturated carbocycles. The third kappa shape index (κ3) is 3.63. The Morgan fingerprint density at radius 2 is 2.12 bits per heavy atom. The van der Waals surface area contributed by atoms with Gasteiger partial charge in [0.1, 0.15) is 11.9 Å². The molecule has 0 unspecified atom stereocenters. The van der Waals surface area contributed by atoms with Crippen LogP contribution in [0.2, 0.25) is 0 Å². The van der Waals surface area contributed by atoms with Crippen LogP contribution in [0.15, 0.2) is 47.4 Å². The maximum Gasteiger partial charge on any atom is 0.352 e. The number of benzene rings is 1. The predicted octanol–water partition coefficient (Wildman–Crippen LogP) is 1.09. The van der Waals surface area contributed by atoms with Gasteiger partial charge in [-0.2, -0.15) is 4.98 Å². The molecule has 0 saturated heterocycles. The van der Waals surface area contributed by atoms with Gasteiger partial charge in [-0.15, -0.1) is 0 Å². The van der Waals surface area contributed by atoms with Crippen LogP contribution in [0.4, 0.5) is 10.2 Å². The number of aromatic nitrogens is 2. The van der Waals surface area contributed by atoms with E-state index in [0.29, 0.717) is 5.75 Å². The second kappa shape index (κ2) is 7.46. The highest BCUT2D eigenvalue weighted by molar-refractivity contribution is 6.03. The van der Waals surface area contributed by atoms with Gasteiger partial charge in [0.05, 0.1) is 19.9 Å². The van der Waals surface area contributed by atoms with Crippen LogP contribution in [-0.4, -0.2) is 40.4 Å². The fourth-order valence-electron chi connectivity index (χ4n) is 2.39. The summed E-state index contributed by atoms with van der Waals surface area (Å²) >= 11 is 0. The van der Waals surface area contributed by atoms with Crippen LogP contribution in [-0.2, 0) is 4.74 Å². The van der Waals surface area contributed by atoms with Crippen molar-refractivity contribution in [1.82, 2.24) is 9.55 Å². The fraction of sp³-hybridized carbons (Fsp3) is 0.235. The molecule has 0 bridgehead atoms. The van der Waals surface area contributed by atoms with Crippen molar-refractivity contribution in [3.05, 3.63) is 64.5 Å². The van der Waals surface area contributed by atoms with E-state index in [1.165, 1.54) is 25.3 Å². The molecule has 2 aromatic rings. The number of methoxy groups -OCH3 is 1. The smallest absolute Gasteiger partial charge is 0.352 e. The number of rotatable bonds is 5. The SMILES string of the molecule is COc1ccc(C(=O)Nc2nc(=O)n([C@H]3C=C[C@@H](CO)O3)cc2F)cc1. The van der Waals surface area contributed by atoms with Crippen molar-refractivity contribution in [3.63, 3.8) is 0 Å². The van der Waals surface area contributed by atoms with E-state index in [4.69, 9.17) is 14.6 Å². The van der Waals surface area contributed by atoms with Gasteiger partial charge in [-0.25, -0.2) is 9.18 Å². The zero-order chi connectivity index (χ0) is 18.7. The second-order valence-electron chi connectivity index (χ2n) is 5.44. The molecule has 8 nitrogen and oxygen atoms in total. The number of nitrogens with one attached hydrogen (secondary N) is 1. The molecule has 1 aliphatic heterocycles. The molecule has 9 heteroatoms. The van der Waals surface area contributed by atoms with Crippen LogP contribution in [0.25, 0.3) is 0 Å². The maximum atomic E-state index is 14.3. The number of aliphatic hydroxyl groups excluding tert-OH is 1. The number of carbonyl (C=O) groups excluding carboxylic acids is 1. The molecule has 1 aromatic heterocycles. The molecular weight excluding hydrogens is 345 g/mol. The first-order valence-electron chi connectivity index (χ1n) is 7.70. The minimum absolute atomic E-state index is 0.254. The van der Waals surface area contributed by atoms with Crippen molar-refractivity contribution in [1.29, 1.82) is 0 Å². The van der Waals surface area contributed by atoms with Crippen LogP contribution in [0.1, 0.15) is 16.6 Å². The number of anilines is 1. The average molecular weight is 361 g/mol. The number of hydrogen-bond donors (Lipinski definition) is 2. The summed E-state index contributed by atoms with van der Waals surface area (Å²) in [5.41, 5.74) is -0.548. The zero-order valence-electron chi connectivity index (χ0n) is 13.8. The number of aliphatic hydroxyl groups is 1. The number of carbonyl (C=O) groups is 1. The van der Waals surface area contributed by atoms with E-state index in [0.717, 1.165) is 10.8 Å². The van der Waals surface area contributed by atoms with Crippen LogP contribution in [0.5, 0.6) is 5.75 Å². The molecule has 1 amide bonds. The lowest BCUT2D eigenvalue weighted by molar-refractivity contribution is -0.0106. The second-order valence-corrected chi connectivity index (χ2v) is 5.44. The summed E-state index contributed by atoms with van der Waals surface area (Å²) in [5.74, 6) is -1.42. The Bertz CT molecular complexity index is 894. The molecule has 2 atom stereocenters. The lowest BCUT2D eigenvalue weighted by Gasteiger charge is -2.15. The summed E-state index contributed by atoms with van der Waals surface area (Å²) in [5, 5.41) is 11.3. The number of nitrogens with zero attached hydrogens (tertiary/aromatic N) is 2. The Balaban J connectivity index is 1.78. The standard InChI is InChI=1S/C17H16FN3O5/c1-25-11-4-2-10(3-5-11)16(23)19-15-13(18)8-21(17(24)20-15)14-7-6-12(9-22)26-14/h2-8,12,14,22H,9H2,1H3,(H,19,20,23,24)/t12-,14+/m0/s1. The monoisotopic (exact) mass is 361 g/mol. The third-order valence-electron chi connectivity index (χ3n) is 3.75. The van der Waals surface area contributed by atoms with Gasteiger partial charge in [0.2, 0.25) is 0 Å². The van der Waals surface area contributed by atoms with Gasteiger partial charge in [-0.3, -0.25) is 9.36 Å². The summed E-state index contributed by atoms with van der Waals surface area (Å²) in [6, 6.07) is 6.16. The van der Waals surface area contributed by atoms with E-state index in [1.807, 2.05) is 0 Å². The third-order valence-corrected chi connectivity index (χ3v) is 3.75. The normalized spacial score (nSPS) is 18.7. The largest absolute Gasteiger partial charge is 0.497 e. The molecule has 1 aliphatic rings. The minimum Gasteiger partial charge on any atom is -0.497 e. The van der Waals surface area contributed by atoms with Gasteiger partial charge < -0.3 is 19.9 Å². The van der Waals surface area contributed by atoms with E-state index in [-0.39, 0.29) is 12.2 Å². The molecular formula is C17H16FN3O5. The predicted molar refractivity (Wildman–Crippen MR) is 89.5 cm³/mol. The van der Waals surface area contributed by atoms with Crippen molar-refractivity contribution < 1.29 is 23.8 Å². The molecule has 0 radical (unpaired) electrons. The first kappa shape index (κ1) is 17.8. The Labute approximate surface area is 147 Å². The van der Waals surface area contributed by atoms with Crippen molar-refractivity contribution >= 4 is 11.7 Å². The summed E-state index contributed by atoms with van der Waals surface area (Å²) in [6.07, 6.45) is 2.54. The van der Waals surface area contributed by atoms with E-state index < -0.39 is 35.6 Å². The first-order chi connectivity index (χ1) is 12.5. The van der Waals surface area contributed by atoms with Gasteiger partial charge in [-0.05, 0) is 30.3 Å². The lowest BCUT2D eigenvalue weighted by atomic mass is 10.2. The quantitative estimate of drug-likeness (QED) is 0.773. The van der Waals surface area contributed by atoms with Gasteiger partial charge >= 0.3 is 5.69 Å². The highest BCUT2D eigenvalue weighted by Gasteiger charge is 2.23. The van der Waals surface area contributed by atoms with Gasteiger partial charge in [0.25, 0.3) is 5.91 Å². The molecule has 3 rings (SSSR count). The Kier molecular flexibility index (Phi) is 5.10. The van der Waals surface area contributed by atoms with E-state index in [2.05, 4.69) is 10.3 Å². The molecule has 0 spiro atoms. The Morgan fingerprint density at radius 1 is 1.38 bits per heavy atom. The Hall–Kier alpha value is -3.04. The highest BCUT2D eigenvalue weighted by atomic mass is 19.1. The molecule has 2 heterocycles. The van der Waals surface area contributed by atoms with Gasteiger partial charge in [0.15, 0.2) is 17.9 Å². The lowest BCUT2D eigenvalue weighted by Crippen LogP contribution is -2.30. The van der Waals surface area contributed by atoms with Crippen LogP contribution < -0.4 is 15.7 Å². The van der Waals surface area contributed by atoms with Gasteiger partial charge in [-0.1, -0.05) is 6.08 Å². The first-order valence-corrected chi connectivity index (χ1v) is 7.70. The number of halogens is 1. The number of amides is 1. The molecule has 1 aromatic carbocycles. The summed E-state index contributed by atoms with van der Waals surface area (Å²) < 4.78 is 25.5. The zero-order valence-corrected chi connectivity index (χ0v) is 13.8. The summed E-state index contributed by atoms with van der Waals surface area (Å²) in [7, 11) is 1.50. The van der Waals surface area contributed by atoms with Crippen molar-refractivity contribution in [2.75, 3.05) is 19.0 Å². The van der Waals surface area contributed by atoms with Crippen molar-refractivity contribution in [2.45, 2.75) is 12.3 Å². The van der Waals surface area contributed by atoms with Gasteiger partial charge in [0, 0.05) is 5.56 Å². The maximum absolute atomic E-state index is 14.3. The Morgan fingerprint density at radius 3 is 2.73 bits per heavy atom. The number of ether oxygens (including phenoxy) is 2. The minimum atomic E-state index is -0.893. The van der Waals surface area contributed by atoms with Crippen LogP contribution in [0.3, 0.4) is 0 Å². The fourth-order valence-corrected chi connectivity index (χ4v) is 2.39. The summed E-state index contributed by atoms with van der Waals surface area (Å²) in [6.45, 7) is -0.256. The summed E-state index contributed by atoms with van der Waals surface area (Å²) in [4.78, 5) is 27.9. The molecule has 26 heavy (non-hydrogen) atoms. The van der Waals surface area contributed by atoms with E-state index in [1.54, 1.807) is 18.2 Å². The number of hydrogen-bond acceptors (Lipinski definition) is 6. The van der Waals surface area contributed by atoms with Crippen LogP contribution >= 0.6 is 0 Å².